The van der Waals surface area contributed by atoms with E-state index in [4.69, 9.17) is 0 Å². The summed E-state index contributed by atoms with van der Waals surface area (Å²) >= 11 is 0. The zero-order valence-electron chi connectivity index (χ0n) is 20.6. The molecule has 0 saturated heterocycles. The molecule has 0 saturated carbocycles. The van der Waals surface area contributed by atoms with E-state index in [1.165, 1.54) is 0 Å². The first-order valence-corrected chi connectivity index (χ1v) is 12.9. The molecule has 2 N–H and O–H groups in total. The van der Waals surface area contributed by atoms with Crippen molar-refractivity contribution in [2.75, 3.05) is 11.9 Å². The minimum atomic E-state index is -3.75. The lowest BCUT2D eigenvalue weighted by Crippen LogP contribution is -2.29. The molecule has 35 heavy (non-hydrogen) atoms. The summed E-state index contributed by atoms with van der Waals surface area (Å²) in [5.41, 5.74) is 6.74. The molecule has 0 atom stereocenters. The maximum atomic E-state index is 13.0. The van der Waals surface area contributed by atoms with Gasteiger partial charge in [-0.1, -0.05) is 6.07 Å². The summed E-state index contributed by atoms with van der Waals surface area (Å²) in [4.78, 5) is 17.2. The molecule has 0 aliphatic carbocycles. The summed E-state index contributed by atoms with van der Waals surface area (Å²) in [6.07, 6.45) is 7.14. The van der Waals surface area contributed by atoms with Crippen LogP contribution in [0.2, 0.25) is 0 Å². The summed E-state index contributed by atoms with van der Waals surface area (Å²) < 4.78 is 32.2. The maximum absolute atomic E-state index is 13.0. The molecule has 4 aromatic rings. The highest BCUT2D eigenvalue weighted by atomic mass is 32.2. The van der Waals surface area contributed by atoms with Crippen molar-refractivity contribution < 1.29 is 13.2 Å². The predicted molar refractivity (Wildman–Crippen MR) is 135 cm³/mol. The van der Waals surface area contributed by atoms with Gasteiger partial charge in [0, 0.05) is 31.6 Å². The van der Waals surface area contributed by atoms with Gasteiger partial charge in [-0.2, -0.15) is 5.10 Å². The van der Waals surface area contributed by atoms with E-state index in [1.54, 1.807) is 17.1 Å². The number of nitrogens with zero attached hydrogens (tertiary/aromatic N) is 4. The van der Waals surface area contributed by atoms with Gasteiger partial charge in [-0.3, -0.25) is 9.48 Å². The second-order valence-corrected chi connectivity index (χ2v) is 10.5. The summed E-state index contributed by atoms with van der Waals surface area (Å²) in [7, 11) is -3.75. The minimum absolute atomic E-state index is 0.00122. The first-order chi connectivity index (χ1) is 16.6. The molecular formula is C25H30N6O3S. The molecule has 0 unspecified atom stereocenters. The Morgan fingerprint density at radius 2 is 1.66 bits per heavy atom. The van der Waals surface area contributed by atoms with Crippen molar-refractivity contribution in [1.29, 1.82) is 0 Å². The summed E-state index contributed by atoms with van der Waals surface area (Å²) in [6, 6.07) is 5.79. The van der Waals surface area contributed by atoms with Gasteiger partial charge >= 0.3 is 0 Å². The quantitative estimate of drug-likeness (QED) is 0.390. The molecule has 9 nitrogen and oxygen atoms in total. The van der Waals surface area contributed by atoms with Crippen LogP contribution in [-0.2, 0) is 21.4 Å². The van der Waals surface area contributed by atoms with Crippen LogP contribution in [0.5, 0.6) is 0 Å². The molecule has 3 heterocycles. The van der Waals surface area contributed by atoms with Crippen molar-refractivity contribution in [2.24, 2.45) is 0 Å². The van der Waals surface area contributed by atoms with Gasteiger partial charge in [0.25, 0.3) is 0 Å². The zero-order valence-corrected chi connectivity index (χ0v) is 21.4. The molecule has 0 fully saturated rings. The number of fused-ring (bicyclic) bond motifs is 1. The molecule has 3 aromatic heterocycles. The lowest BCUT2D eigenvalue weighted by molar-refractivity contribution is -0.116. The smallest absolute Gasteiger partial charge is 0.241 e. The number of benzene rings is 1. The van der Waals surface area contributed by atoms with E-state index < -0.39 is 10.0 Å². The average molecular weight is 495 g/mol. The molecule has 4 rings (SSSR count). The normalized spacial score (nSPS) is 11.8. The highest BCUT2D eigenvalue weighted by Crippen LogP contribution is 2.29. The Morgan fingerprint density at radius 3 is 2.34 bits per heavy atom. The number of anilines is 1. The second-order valence-electron chi connectivity index (χ2n) is 8.78. The number of hydrogen-bond donors (Lipinski definition) is 2. The zero-order chi connectivity index (χ0) is 25.3. The van der Waals surface area contributed by atoms with Crippen LogP contribution < -0.4 is 10.0 Å². The molecule has 0 aliphatic rings. The number of amides is 1. The van der Waals surface area contributed by atoms with Gasteiger partial charge in [0.1, 0.15) is 5.65 Å². The van der Waals surface area contributed by atoms with Gasteiger partial charge in [0.2, 0.25) is 15.9 Å². The number of rotatable bonds is 8. The fraction of sp³-hybridized carbons (Fsp3) is 0.320. The van der Waals surface area contributed by atoms with Crippen LogP contribution in [0.25, 0.3) is 5.65 Å². The van der Waals surface area contributed by atoms with Crippen molar-refractivity contribution in [2.45, 2.75) is 52.5 Å². The van der Waals surface area contributed by atoms with E-state index in [-0.39, 0.29) is 18.9 Å². The van der Waals surface area contributed by atoms with Crippen molar-refractivity contribution in [3.8, 4) is 0 Å². The van der Waals surface area contributed by atoms with E-state index in [0.29, 0.717) is 17.1 Å². The predicted octanol–water partition coefficient (Wildman–Crippen LogP) is 3.43. The van der Waals surface area contributed by atoms with Crippen LogP contribution in [0.4, 0.5) is 5.69 Å². The molecule has 1 amide bonds. The van der Waals surface area contributed by atoms with E-state index in [0.717, 1.165) is 39.2 Å². The van der Waals surface area contributed by atoms with Crippen molar-refractivity contribution in [1.82, 2.24) is 23.9 Å². The monoisotopic (exact) mass is 494 g/mol. The Balaban J connectivity index is 1.34. The van der Waals surface area contributed by atoms with E-state index in [1.807, 2.05) is 69.6 Å². The van der Waals surface area contributed by atoms with Crippen LogP contribution in [0.1, 0.15) is 39.9 Å². The first kappa shape index (κ1) is 24.6. The number of imidazole rings is 1. The third kappa shape index (κ3) is 5.13. The Bertz CT molecular complexity index is 1460. The molecule has 0 spiro atoms. The topological polar surface area (TPSA) is 110 Å². The summed E-state index contributed by atoms with van der Waals surface area (Å²) in [5.74, 6) is -0.301. The molecule has 0 aliphatic heterocycles. The molecule has 184 valence electrons. The van der Waals surface area contributed by atoms with Crippen molar-refractivity contribution >= 4 is 27.3 Å². The fourth-order valence-corrected chi connectivity index (χ4v) is 5.83. The fourth-order valence-electron chi connectivity index (χ4n) is 4.21. The lowest BCUT2D eigenvalue weighted by Gasteiger charge is -2.19. The van der Waals surface area contributed by atoms with Crippen LogP contribution in [0, 0.1) is 34.6 Å². The Labute approximate surface area is 205 Å². The SMILES string of the molecule is Cc1c(C)c(C)c(S(=O)(=O)NCCC(=O)Nc2cnn(Cc3cn4ccccc4n3)c2)c(C)c1C. The number of pyridine rings is 1. The van der Waals surface area contributed by atoms with E-state index in [2.05, 4.69) is 20.1 Å². The Morgan fingerprint density at radius 1 is 0.971 bits per heavy atom. The lowest BCUT2D eigenvalue weighted by atomic mass is 9.95. The number of aromatic nitrogens is 4. The number of nitrogens with one attached hydrogen (secondary N) is 2. The van der Waals surface area contributed by atoms with E-state index in [9.17, 15) is 13.2 Å². The van der Waals surface area contributed by atoms with Gasteiger partial charge in [0.05, 0.1) is 29.0 Å². The first-order valence-electron chi connectivity index (χ1n) is 11.4. The van der Waals surface area contributed by atoms with E-state index >= 15 is 0 Å². The van der Waals surface area contributed by atoms with Gasteiger partial charge in [0.15, 0.2) is 0 Å². The molecule has 0 bridgehead atoms. The van der Waals surface area contributed by atoms with Gasteiger partial charge in [-0.15, -0.1) is 0 Å². The van der Waals surface area contributed by atoms with Crippen LogP contribution in [0.15, 0.2) is 47.9 Å². The van der Waals surface area contributed by atoms with Gasteiger partial charge in [-0.05, 0) is 74.6 Å². The number of sulfonamides is 1. The third-order valence-corrected chi connectivity index (χ3v) is 8.23. The highest BCUT2D eigenvalue weighted by Gasteiger charge is 2.23. The number of hydrogen-bond acceptors (Lipinski definition) is 5. The Hall–Kier alpha value is -3.50. The van der Waals surface area contributed by atoms with Gasteiger partial charge in [-0.25, -0.2) is 18.1 Å². The van der Waals surface area contributed by atoms with Crippen LogP contribution in [-0.4, -0.2) is 40.0 Å². The molecular weight excluding hydrogens is 464 g/mol. The number of carbonyl (C=O) groups is 1. The van der Waals surface area contributed by atoms with Crippen LogP contribution in [0.3, 0.4) is 0 Å². The second kappa shape index (κ2) is 9.63. The largest absolute Gasteiger partial charge is 0.323 e. The van der Waals surface area contributed by atoms with Gasteiger partial charge < -0.3 is 9.72 Å². The maximum Gasteiger partial charge on any atom is 0.241 e. The molecule has 1 aromatic carbocycles. The standard InChI is InChI=1S/C25H30N6O3S/c1-16-17(2)19(4)25(20(5)18(16)3)35(33,34)27-10-9-24(32)29-21-12-26-31(14-21)15-22-13-30-11-7-6-8-23(30)28-22/h6-8,11-14,27H,9-10,15H2,1-5H3,(H,29,32). The minimum Gasteiger partial charge on any atom is -0.323 e. The summed E-state index contributed by atoms with van der Waals surface area (Å²) in [5, 5.41) is 7.04. The van der Waals surface area contributed by atoms with Crippen molar-refractivity contribution in [3.05, 3.63) is 76.5 Å². The molecule has 10 heteroatoms. The number of carbonyl (C=O) groups excluding carboxylic acids is 1. The molecule has 0 radical (unpaired) electrons. The van der Waals surface area contributed by atoms with Crippen LogP contribution >= 0.6 is 0 Å². The third-order valence-electron chi connectivity index (χ3n) is 6.50. The highest BCUT2D eigenvalue weighted by molar-refractivity contribution is 7.89. The Kier molecular flexibility index (Phi) is 6.77. The average Bonchev–Trinajstić information content (AvgIpc) is 3.42. The van der Waals surface area contributed by atoms with Crippen molar-refractivity contribution in [3.63, 3.8) is 0 Å². The summed E-state index contributed by atoms with van der Waals surface area (Å²) in [6.45, 7) is 9.95.